The summed E-state index contributed by atoms with van der Waals surface area (Å²) in [6.07, 6.45) is 0. The van der Waals surface area contributed by atoms with Gasteiger partial charge in [0.2, 0.25) is 11.7 Å². The number of rotatable bonds is 8. The Morgan fingerprint density at radius 2 is 1.78 bits per heavy atom. The highest BCUT2D eigenvalue weighted by Crippen LogP contribution is 2.24. The van der Waals surface area contributed by atoms with Crippen molar-refractivity contribution in [3.8, 4) is 5.75 Å². The average Bonchev–Trinajstić information content (AvgIpc) is 3.25. The number of methoxy groups -OCH3 is 1. The molecule has 8 nitrogen and oxygen atoms in total. The number of carbonyl (C=O) groups excluding carboxylic acids is 1. The number of amides is 1. The van der Waals surface area contributed by atoms with Crippen molar-refractivity contribution in [2.75, 3.05) is 26.0 Å². The van der Waals surface area contributed by atoms with Gasteiger partial charge in [0.25, 0.3) is 5.56 Å². The lowest BCUT2D eigenvalue weighted by molar-refractivity contribution is -0.127. The van der Waals surface area contributed by atoms with Gasteiger partial charge in [-0.2, -0.15) is 0 Å². The molecule has 0 aliphatic rings. The molecule has 166 valence electrons. The van der Waals surface area contributed by atoms with E-state index in [1.807, 2.05) is 60.7 Å². The third kappa shape index (κ3) is 3.95. The number of hydrogen-bond acceptors (Lipinski definition) is 6. The molecular weight excluding hydrogens is 426 g/mol. The third-order valence-corrected chi connectivity index (χ3v) is 6.35. The van der Waals surface area contributed by atoms with E-state index >= 15 is 0 Å². The van der Waals surface area contributed by atoms with Gasteiger partial charge in [0.1, 0.15) is 5.75 Å². The molecule has 0 aliphatic carbocycles. The lowest BCUT2D eigenvalue weighted by atomic mass is 10.2. The van der Waals surface area contributed by atoms with E-state index in [4.69, 9.17) is 4.74 Å². The van der Waals surface area contributed by atoms with Gasteiger partial charge in [0, 0.05) is 18.7 Å². The van der Waals surface area contributed by atoms with Crippen molar-refractivity contribution in [2.45, 2.75) is 25.5 Å². The highest BCUT2D eigenvalue weighted by molar-refractivity contribution is 7.99. The Hall–Kier alpha value is -3.33. The van der Waals surface area contributed by atoms with Crippen LogP contribution in [0.3, 0.4) is 0 Å². The molecule has 0 saturated carbocycles. The molecule has 1 amide bonds. The molecule has 0 bridgehead atoms. The first kappa shape index (κ1) is 21.9. The van der Waals surface area contributed by atoms with Crippen LogP contribution in [0, 0.1) is 0 Å². The van der Waals surface area contributed by atoms with Gasteiger partial charge in [-0.1, -0.05) is 42.1 Å². The molecule has 2 aromatic carbocycles. The van der Waals surface area contributed by atoms with Gasteiger partial charge in [0.15, 0.2) is 5.16 Å². The molecule has 2 heterocycles. The van der Waals surface area contributed by atoms with Crippen LogP contribution >= 0.6 is 11.8 Å². The number of para-hydroxylation sites is 2. The molecule has 0 radical (unpaired) electrons. The van der Waals surface area contributed by atoms with Crippen molar-refractivity contribution in [1.29, 1.82) is 0 Å². The molecule has 9 heteroatoms. The van der Waals surface area contributed by atoms with Gasteiger partial charge >= 0.3 is 0 Å². The highest BCUT2D eigenvalue weighted by atomic mass is 32.2. The van der Waals surface area contributed by atoms with E-state index in [0.29, 0.717) is 47.2 Å². The smallest absolute Gasteiger partial charge is 0.263 e. The van der Waals surface area contributed by atoms with Crippen molar-refractivity contribution in [3.05, 3.63) is 64.4 Å². The molecule has 2 aromatic heterocycles. The maximum atomic E-state index is 13.4. The Morgan fingerprint density at radius 3 is 2.53 bits per heavy atom. The summed E-state index contributed by atoms with van der Waals surface area (Å²) in [4.78, 5) is 27.7. The number of ether oxygens (including phenoxy) is 1. The van der Waals surface area contributed by atoms with Crippen LogP contribution in [-0.4, -0.2) is 55.9 Å². The van der Waals surface area contributed by atoms with Crippen LogP contribution in [0.5, 0.6) is 5.75 Å². The zero-order chi connectivity index (χ0) is 22.7. The summed E-state index contributed by atoms with van der Waals surface area (Å²) >= 11 is 1.33. The maximum absolute atomic E-state index is 13.4. The molecule has 0 saturated heterocycles. The van der Waals surface area contributed by atoms with Crippen molar-refractivity contribution in [1.82, 2.24) is 24.1 Å². The molecule has 0 N–H and O–H groups in total. The number of hydrogen-bond donors (Lipinski definition) is 0. The van der Waals surface area contributed by atoms with Gasteiger partial charge in [-0.3, -0.25) is 18.6 Å². The second kappa shape index (κ2) is 9.44. The zero-order valence-electron chi connectivity index (χ0n) is 18.3. The second-order valence-corrected chi connectivity index (χ2v) is 8.14. The number of aromatic nitrogens is 4. The summed E-state index contributed by atoms with van der Waals surface area (Å²) in [6, 6.07) is 15.0. The van der Waals surface area contributed by atoms with Crippen molar-refractivity contribution in [3.63, 3.8) is 0 Å². The number of benzene rings is 2. The van der Waals surface area contributed by atoms with Gasteiger partial charge in [-0.15, -0.1) is 10.2 Å². The number of carbonyl (C=O) groups is 1. The normalized spacial score (nSPS) is 11.2. The summed E-state index contributed by atoms with van der Waals surface area (Å²) in [5.74, 6) is 1.42. The number of thioether (sulfide) groups is 1. The molecule has 4 rings (SSSR count). The average molecular weight is 452 g/mol. The first-order valence-electron chi connectivity index (χ1n) is 10.5. The lowest BCUT2D eigenvalue weighted by Crippen LogP contribution is -2.31. The second-order valence-electron chi connectivity index (χ2n) is 7.19. The van der Waals surface area contributed by atoms with Gasteiger partial charge in [0.05, 0.1) is 30.3 Å². The Kier molecular flexibility index (Phi) is 6.45. The summed E-state index contributed by atoms with van der Waals surface area (Å²) in [5, 5.41) is 9.80. The van der Waals surface area contributed by atoms with Crippen LogP contribution in [0.2, 0.25) is 0 Å². The molecule has 0 atom stereocenters. The standard InChI is InChI=1S/C23H25N5O3S/c1-4-26(5-2)20(29)15-32-23-25-24-22-27(14-16-10-6-9-13-19(16)31-3)21(30)17-11-7-8-12-18(17)28(22)23/h6-13H,4-5,14-15H2,1-3H3. The van der Waals surface area contributed by atoms with Gasteiger partial charge in [-0.25, -0.2) is 0 Å². The molecule has 0 spiro atoms. The molecule has 4 aromatic rings. The van der Waals surface area contributed by atoms with Crippen LogP contribution < -0.4 is 10.3 Å². The van der Waals surface area contributed by atoms with Crippen LogP contribution in [-0.2, 0) is 11.3 Å². The van der Waals surface area contributed by atoms with E-state index in [1.54, 1.807) is 22.6 Å². The largest absolute Gasteiger partial charge is 0.496 e. The predicted molar refractivity (Wildman–Crippen MR) is 126 cm³/mol. The minimum atomic E-state index is -0.151. The quantitative estimate of drug-likeness (QED) is 0.383. The van der Waals surface area contributed by atoms with E-state index in [2.05, 4.69) is 10.2 Å². The Labute approximate surface area is 189 Å². The lowest BCUT2D eigenvalue weighted by Gasteiger charge is -2.18. The van der Waals surface area contributed by atoms with Gasteiger partial charge < -0.3 is 9.64 Å². The van der Waals surface area contributed by atoms with Gasteiger partial charge in [-0.05, 0) is 32.0 Å². The molecule has 0 unspecified atom stereocenters. The fourth-order valence-corrected chi connectivity index (χ4v) is 4.61. The molecule has 0 fully saturated rings. The Balaban J connectivity index is 1.82. The minimum Gasteiger partial charge on any atom is -0.496 e. The van der Waals surface area contributed by atoms with Crippen molar-refractivity contribution in [2.24, 2.45) is 0 Å². The van der Waals surface area contributed by atoms with E-state index < -0.39 is 0 Å². The third-order valence-electron chi connectivity index (χ3n) is 5.44. The van der Waals surface area contributed by atoms with E-state index in [-0.39, 0.29) is 17.2 Å². The zero-order valence-corrected chi connectivity index (χ0v) is 19.1. The van der Waals surface area contributed by atoms with E-state index in [0.717, 1.165) is 5.56 Å². The Bertz CT molecular complexity index is 1330. The minimum absolute atomic E-state index is 0.0448. The summed E-state index contributed by atoms with van der Waals surface area (Å²) < 4.78 is 8.92. The van der Waals surface area contributed by atoms with Crippen LogP contribution in [0.25, 0.3) is 16.7 Å². The predicted octanol–water partition coefficient (Wildman–Crippen LogP) is 3.06. The van der Waals surface area contributed by atoms with E-state index in [1.165, 1.54) is 11.8 Å². The maximum Gasteiger partial charge on any atom is 0.263 e. The fraction of sp³-hybridized carbons (Fsp3) is 0.304. The summed E-state index contributed by atoms with van der Waals surface area (Å²) in [6.45, 7) is 5.54. The first-order valence-corrected chi connectivity index (χ1v) is 11.5. The fourth-order valence-electron chi connectivity index (χ4n) is 3.77. The highest BCUT2D eigenvalue weighted by Gasteiger charge is 2.19. The van der Waals surface area contributed by atoms with Crippen molar-refractivity contribution >= 4 is 34.3 Å². The summed E-state index contributed by atoms with van der Waals surface area (Å²) in [5.41, 5.74) is 1.43. The Morgan fingerprint density at radius 1 is 1.06 bits per heavy atom. The number of fused-ring (bicyclic) bond motifs is 3. The number of nitrogens with zero attached hydrogens (tertiary/aromatic N) is 5. The SMILES string of the molecule is CCN(CC)C(=O)CSc1nnc2n(Cc3ccccc3OC)c(=O)c3ccccc3n12. The van der Waals surface area contributed by atoms with E-state index in [9.17, 15) is 9.59 Å². The topological polar surface area (TPSA) is 81.7 Å². The van der Waals surface area contributed by atoms with Crippen LogP contribution in [0.15, 0.2) is 58.5 Å². The molecule has 0 aliphatic heterocycles. The molecular formula is C23H25N5O3S. The van der Waals surface area contributed by atoms with Crippen LogP contribution in [0.1, 0.15) is 19.4 Å². The van der Waals surface area contributed by atoms with Crippen LogP contribution in [0.4, 0.5) is 0 Å². The monoisotopic (exact) mass is 451 g/mol. The molecule has 32 heavy (non-hydrogen) atoms. The first-order chi connectivity index (χ1) is 15.6. The summed E-state index contributed by atoms with van der Waals surface area (Å²) in [7, 11) is 1.61. The van der Waals surface area contributed by atoms with Crippen molar-refractivity contribution < 1.29 is 9.53 Å².